The molecule has 5 nitrogen and oxygen atoms in total. The Morgan fingerprint density at radius 3 is 2.59 bits per heavy atom. The summed E-state index contributed by atoms with van der Waals surface area (Å²) in [4.78, 5) is 21.6. The summed E-state index contributed by atoms with van der Waals surface area (Å²) >= 11 is 5.72. The molecule has 0 radical (unpaired) electrons. The molecule has 0 spiro atoms. The number of rotatable bonds is 4. The highest BCUT2D eigenvalue weighted by Crippen LogP contribution is 2.27. The van der Waals surface area contributed by atoms with Crippen LogP contribution in [-0.2, 0) is 21.8 Å². The van der Waals surface area contributed by atoms with Crippen molar-refractivity contribution >= 4 is 23.3 Å². The lowest BCUT2D eigenvalue weighted by atomic mass is 9.98. The molecule has 0 bridgehead atoms. The summed E-state index contributed by atoms with van der Waals surface area (Å²) in [5, 5.41) is 10.8. The molecule has 0 atom stereocenters. The van der Waals surface area contributed by atoms with Crippen molar-refractivity contribution in [2.24, 2.45) is 0 Å². The van der Waals surface area contributed by atoms with Gasteiger partial charge in [0, 0.05) is 11.6 Å². The smallest absolute Gasteiger partial charge is 0.310 e. The van der Waals surface area contributed by atoms with Crippen LogP contribution in [0.15, 0.2) is 12.1 Å². The van der Waals surface area contributed by atoms with Crippen molar-refractivity contribution in [1.82, 2.24) is 0 Å². The number of alkyl halides is 1. The maximum Gasteiger partial charge on any atom is 0.310 e. The minimum absolute atomic E-state index is 0.00787. The summed E-state index contributed by atoms with van der Waals surface area (Å²) in [6, 6.07) is 3.00. The second kappa shape index (κ2) is 5.63. The first-order valence-electron chi connectivity index (χ1n) is 4.89. The van der Waals surface area contributed by atoms with E-state index >= 15 is 0 Å². The van der Waals surface area contributed by atoms with Gasteiger partial charge in [-0.2, -0.15) is 0 Å². The fraction of sp³-hybridized carbons (Fsp3) is 0.364. The van der Waals surface area contributed by atoms with Gasteiger partial charge in [0.05, 0.1) is 24.3 Å². The molecule has 0 aliphatic rings. The Hall–Kier alpha value is -1.62. The number of carbonyl (C=O) groups excluding carboxylic acids is 1. The van der Waals surface area contributed by atoms with Crippen molar-refractivity contribution in [2.75, 3.05) is 7.11 Å². The summed E-state index contributed by atoms with van der Waals surface area (Å²) < 4.78 is 4.56. The molecule has 0 aliphatic carbocycles. The Bertz CT molecular complexity index is 459. The first-order chi connectivity index (χ1) is 8.01. The lowest BCUT2D eigenvalue weighted by Crippen LogP contribution is -2.09. The third kappa shape index (κ3) is 2.94. The van der Waals surface area contributed by atoms with E-state index in [1.54, 1.807) is 13.0 Å². The van der Waals surface area contributed by atoms with E-state index in [4.69, 9.17) is 11.6 Å². The predicted molar refractivity (Wildman–Crippen MR) is 63.1 cm³/mol. The van der Waals surface area contributed by atoms with E-state index in [0.717, 1.165) is 5.56 Å². The van der Waals surface area contributed by atoms with Crippen LogP contribution in [0.2, 0.25) is 0 Å². The van der Waals surface area contributed by atoms with E-state index in [2.05, 4.69) is 4.74 Å². The molecule has 0 aliphatic heterocycles. The summed E-state index contributed by atoms with van der Waals surface area (Å²) in [6.07, 6.45) is -0.00787. The lowest BCUT2D eigenvalue weighted by molar-refractivity contribution is -0.385. The number of nitrogens with zero attached hydrogens (tertiary/aromatic N) is 1. The average molecular weight is 258 g/mol. The summed E-state index contributed by atoms with van der Waals surface area (Å²) in [6.45, 7) is 1.78. The third-order valence-electron chi connectivity index (χ3n) is 2.52. The number of aryl methyl sites for hydroxylation is 1. The molecule has 1 aromatic carbocycles. The van der Waals surface area contributed by atoms with Gasteiger partial charge in [-0.15, -0.1) is 11.6 Å². The lowest BCUT2D eigenvalue weighted by Gasteiger charge is -2.10. The second-order valence-corrected chi connectivity index (χ2v) is 3.77. The zero-order chi connectivity index (χ0) is 13.0. The number of hydrogen-bond donors (Lipinski definition) is 0. The van der Waals surface area contributed by atoms with E-state index in [1.807, 2.05) is 0 Å². The number of methoxy groups -OCH3 is 1. The van der Waals surface area contributed by atoms with Crippen LogP contribution in [0.5, 0.6) is 0 Å². The van der Waals surface area contributed by atoms with E-state index in [0.29, 0.717) is 11.1 Å². The van der Waals surface area contributed by atoms with Crippen molar-refractivity contribution < 1.29 is 14.5 Å². The molecule has 0 unspecified atom stereocenters. The van der Waals surface area contributed by atoms with Crippen LogP contribution >= 0.6 is 11.6 Å². The Morgan fingerprint density at radius 2 is 2.12 bits per heavy atom. The van der Waals surface area contributed by atoms with Gasteiger partial charge < -0.3 is 4.74 Å². The van der Waals surface area contributed by atoms with Crippen LogP contribution in [0.3, 0.4) is 0 Å². The first-order valence-corrected chi connectivity index (χ1v) is 5.43. The molecule has 0 saturated heterocycles. The molecule has 0 N–H and O–H groups in total. The van der Waals surface area contributed by atoms with Crippen molar-refractivity contribution in [3.05, 3.63) is 38.9 Å². The van der Waals surface area contributed by atoms with Crippen LogP contribution < -0.4 is 0 Å². The van der Waals surface area contributed by atoms with E-state index in [-0.39, 0.29) is 18.0 Å². The van der Waals surface area contributed by atoms with Crippen LogP contribution in [0.25, 0.3) is 0 Å². The maximum absolute atomic E-state index is 11.2. The largest absolute Gasteiger partial charge is 0.469 e. The van der Waals surface area contributed by atoms with Gasteiger partial charge in [-0.3, -0.25) is 14.9 Å². The van der Waals surface area contributed by atoms with Crippen LogP contribution in [0, 0.1) is 17.0 Å². The van der Waals surface area contributed by atoms with Crippen LogP contribution in [0.1, 0.15) is 16.7 Å². The second-order valence-electron chi connectivity index (χ2n) is 3.50. The quantitative estimate of drug-likeness (QED) is 0.359. The topological polar surface area (TPSA) is 69.4 Å². The molecule has 0 saturated carbocycles. The highest BCUT2D eigenvalue weighted by Gasteiger charge is 2.20. The monoisotopic (exact) mass is 257 g/mol. The molecular formula is C11H12ClNO4. The minimum atomic E-state index is -0.502. The molecular weight excluding hydrogens is 246 g/mol. The van der Waals surface area contributed by atoms with E-state index in [9.17, 15) is 14.9 Å². The van der Waals surface area contributed by atoms with Crippen molar-refractivity contribution in [1.29, 1.82) is 0 Å². The van der Waals surface area contributed by atoms with Gasteiger partial charge in [0.2, 0.25) is 0 Å². The molecule has 17 heavy (non-hydrogen) atoms. The Morgan fingerprint density at radius 1 is 1.47 bits per heavy atom. The van der Waals surface area contributed by atoms with Crippen LogP contribution in [-0.4, -0.2) is 18.0 Å². The van der Waals surface area contributed by atoms with Gasteiger partial charge >= 0.3 is 5.97 Å². The van der Waals surface area contributed by atoms with Gasteiger partial charge in [-0.25, -0.2) is 0 Å². The number of hydrogen-bond acceptors (Lipinski definition) is 4. The Balaban J connectivity index is 3.30. The number of ether oxygens (including phenoxy) is 1. The summed E-state index contributed by atoms with van der Waals surface area (Å²) in [5.41, 5.74) is 1.67. The summed E-state index contributed by atoms with van der Waals surface area (Å²) in [7, 11) is 1.27. The van der Waals surface area contributed by atoms with Gasteiger partial charge in [-0.1, -0.05) is 6.07 Å². The Kier molecular flexibility index (Phi) is 4.45. The van der Waals surface area contributed by atoms with Gasteiger partial charge in [0.25, 0.3) is 5.69 Å². The third-order valence-corrected chi connectivity index (χ3v) is 2.79. The van der Waals surface area contributed by atoms with Crippen molar-refractivity contribution in [3.8, 4) is 0 Å². The van der Waals surface area contributed by atoms with E-state index < -0.39 is 10.9 Å². The van der Waals surface area contributed by atoms with Crippen molar-refractivity contribution in [3.63, 3.8) is 0 Å². The molecule has 0 aromatic heterocycles. The minimum Gasteiger partial charge on any atom is -0.469 e. The van der Waals surface area contributed by atoms with Gasteiger partial charge in [0.1, 0.15) is 0 Å². The molecule has 92 valence electrons. The zero-order valence-corrected chi connectivity index (χ0v) is 10.3. The SMILES string of the molecule is COC(=O)Cc1c(C)ccc([N+](=O)[O-])c1CCl. The fourth-order valence-corrected chi connectivity index (χ4v) is 1.88. The van der Waals surface area contributed by atoms with Crippen LogP contribution in [0.4, 0.5) is 5.69 Å². The standard InChI is InChI=1S/C11H12ClNO4/c1-7-3-4-10(13(15)16)9(6-12)8(7)5-11(14)17-2/h3-4H,5-6H2,1-2H3. The molecule has 1 rings (SSSR count). The molecule has 0 fully saturated rings. The average Bonchev–Trinajstić information content (AvgIpc) is 2.30. The van der Waals surface area contributed by atoms with E-state index in [1.165, 1.54) is 13.2 Å². The number of nitro benzene ring substituents is 1. The highest BCUT2D eigenvalue weighted by molar-refractivity contribution is 6.17. The predicted octanol–water partition coefficient (Wildman–Crippen LogP) is 2.36. The number of carbonyl (C=O) groups is 1. The number of benzene rings is 1. The number of nitro groups is 1. The first kappa shape index (κ1) is 13.4. The zero-order valence-electron chi connectivity index (χ0n) is 9.53. The molecule has 0 heterocycles. The fourth-order valence-electron chi connectivity index (χ4n) is 1.58. The highest BCUT2D eigenvalue weighted by atomic mass is 35.5. The number of esters is 1. The number of halogens is 1. The van der Waals surface area contributed by atoms with Crippen molar-refractivity contribution in [2.45, 2.75) is 19.2 Å². The van der Waals surface area contributed by atoms with Gasteiger partial charge in [-0.05, 0) is 18.1 Å². The maximum atomic E-state index is 11.2. The van der Waals surface area contributed by atoms with Gasteiger partial charge in [0.15, 0.2) is 0 Å². The molecule has 1 aromatic rings. The molecule has 0 amide bonds. The normalized spacial score (nSPS) is 10.1. The Labute approximate surface area is 103 Å². The molecule has 6 heteroatoms. The summed E-state index contributed by atoms with van der Waals surface area (Å²) in [5.74, 6) is -0.454.